The lowest BCUT2D eigenvalue weighted by Crippen LogP contribution is -2.54. The quantitative estimate of drug-likeness (QED) is 0.377. The number of hydrogen-bond acceptors (Lipinski definition) is 4. The molecule has 1 fully saturated rings. The molecule has 33 heavy (non-hydrogen) atoms. The molecule has 0 bridgehead atoms. The van der Waals surface area contributed by atoms with E-state index in [1.165, 1.54) is 6.08 Å². The highest BCUT2D eigenvalue weighted by molar-refractivity contribution is 9.10. The molecule has 3 aromatic carbocycles. The minimum atomic E-state index is -0.773. The number of amides is 4. The van der Waals surface area contributed by atoms with Crippen LogP contribution in [0.4, 0.5) is 10.5 Å². The Kier molecular flexibility index (Phi) is 6.42. The first-order valence-corrected chi connectivity index (χ1v) is 11.1. The molecule has 0 spiro atoms. The summed E-state index contributed by atoms with van der Waals surface area (Å²) in [7, 11) is 0. The van der Waals surface area contributed by atoms with Crippen molar-refractivity contribution in [1.29, 1.82) is 0 Å². The summed E-state index contributed by atoms with van der Waals surface area (Å²) in [4.78, 5) is 39.5. The van der Waals surface area contributed by atoms with Crippen LogP contribution in [-0.2, 0) is 16.2 Å². The van der Waals surface area contributed by atoms with Crippen LogP contribution < -0.4 is 15.0 Å². The van der Waals surface area contributed by atoms with Gasteiger partial charge in [0.2, 0.25) is 0 Å². The fourth-order valence-corrected chi connectivity index (χ4v) is 3.89. The van der Waals surface area contributed by atoms with Crippen LogP contribution in [0.15, 0.2) is 76.8 Å². The summed E-state index contributed by atoms with van der Waals surface area (Å²) in [5, 5.41) is 2.27. The first-order valence-electron chi connectivity index (χ1n) is 10.3. The van der Waals surface area contributed by atoms with Crippen LogP contribution >= 0.6 is 15.9 Å². The van der Waals surface area contributed by atoms with E-state index >= 15 is 0 Å². The number of halogens is 1. The number of aryl methyl sites for hydroxylation is 1. The Morgan fingerprint density at radius 3 is 2.48 bits per heavy atom. The van der Waals surface area contributed by atoms with Crippen LogP contribution in [-0.4, -0.2) is 17.8 Å². The number of benzene rings is 3. The summed E-state index contributed by atoms with van der Waals surface area (Å²) >= 11 is 3.43. The zero-order valence-corrected chi connectivity index (χ0v) is 19.7. The topological polar surface area (TPSA) is 75.7 Å². The monoisotopic (exact) mass is 504 g/mol. The van der Waals surface area contributed by atoms with Crippen molar-refractivity contribution < 1.29 is 19.1 Å². The highest BCUT2D eigenvalue weighted by Crippen LogP contribution is 2.30. The molecule has 1 aliphatic rings. The van der Waals surface area contributed by atoms with E-state index in [0.717, 1.165) is 26.1 Å². The molecular weight excluding hydrogens is 484 g/mol. The van der Waals surface area contributed by atoms with Gasteiger partial charge in [-0.1, -0.05) is 58.4 Å². The van der Waals surface area contributed by atoms with Crippen molar-refractivity contribution in [3.8, 4) is 5.75 Å². The standard InChI is InChI=1S/C26H21BrN2O4/c1-16-7-6-10-22(17(16)2)29-25(31)21(24(30)28-26(29)32)14-19-13-20(27)11-12-23(19)33-15-18-8-4-3-5-9-18/h3-14H,15H2,1-2H3,(H,28,30,32)/b21-14+. The lowest BCUT2D eigenvalue weighted by Gasteiger charge is -2.28. The molecule has 0 saturated carbocycles. The van der Waals surface area contributed by atoms with Gasteiger partial charge < -0.3 is 4.74 Å². The molecule has 0 aromatic heterocycles. The van der Waals surface area contributed by atoms with Crippen LogP contribution in [0.25, 0.3) is 6.08 Å². The SMILES string of the molecule is Cc1cccc(N2C(=O)NC(=O)/C(=C\c3cc(Br)ccc3OCc3ccccc3)C2=O)c1C. The maximum atomic E-state index is 13.3. The Hall–Kier alpha value is -3.71. The molecule has 6 nitrogen and oxygen atoms in total. The van der Waals surface area contributed by atoms with Crippen molar-refractivity contribution in [3.05, 3.63) is 99.0 Å². The summed E-state index contributed by atoms with van der Waals surface area (Å²) in [5.41, 5.74) is 3.51. The van der Waals surface area contributed by atoms with Gasteiger partial charge in [0, 0.05) is 10.0 Å². The number of ether oxygens (including phenoxy) is 1. The van der Waals surface area contributed by atoms with Gasteiger partial charge >= 0.3 is 6.03 Å². The van der Waals surface area contributed by atoms with Gasteiger partial charge in [-0.05, 0) is 60.9 Å². The van der Waals surface area contributed by atoms with Crippen molar-refractivity contribution in [2.75, 3.05) is 4.90 Å². The highest BCUT2D eigenvalue weighted by Gasteiger charge is 2.37. The number of rotatable bonds is 5. The van der Waals surface area contributed by atoms with Gasteiger partial charge in [-0.15, -0.1) is 0 Å². The molecule has 1 heterocycles. The maximum absolute atomic E-state index is 13.3. The fraction of sp³-hybridized carbons (Fsp3) is 0.115. The number of barbiturate groups is 1. The van der Waals surface area contributed by atoms with E-state index in [9.17, 15) is 14.4 Å². The van der Waals surface area contributed by atoms with Gasteiger partial charge in [-0.2, -0.15) is 0 Å². The number of nitrogens with one attached hydrogen (secondary N) is 1. The van der Waals surface area contributed by atoms with Crippen molar-refractivity contribution in [1.82, 2.24) is 5.32 Å². The Balaban J connectivity index is 1.71. The van der Waals surface area contributed by atoms with Gasteiger partial charge in [-0.25, -0.2) is 9.69 Å². The van der Waals surface area contributed by atoms with Gasteiger partial charge in [0.15, 0.2) is 0 Å². The number of nitrogens with zero attached hydrogens (tertiary/aromatic N) is 1. The van der Waals surface area contributed by atoms with E-state index in [0.29, 0.717) is 23.6 Å². The second-order valence-corrected chi connectivity index (χ2v) is 8.55. The van der Waals surface area contributed by atoms with Gasteiger partial charge in [0.1, 0.15) is 17.9 Å². The summed E-state index contributed by atoms with van der Waals surface area (Å²) in [6.45, 7) is 4.05. The van der Waals surface area contributed by atoms with E-state index in [2.05, 4.69) is 21.2 Å². The molecule has 0 radical (unpaired) electrons. The summed E-state index contributed by atoms with van der Waals surface area (Å²) in [6, 6.07) is 19.6. The third kappa shape index (κ3) is 4.73. The second-order valence-electron chi connectivity index (χ2n) is 7.63. The third-order valence-corrected chi connectivity index (χ3v) is 5.92. The van der Waals surface area contributed by atoms with Crippen LogP contribution in [0, 0.1) is 13.8 Å². The summed E-state index contributed by atoms with van der Waals surface area (Å²) < 4.78 is 6.73. The molecular formula is C26H21BrN2O4. The van der Waals surface area contributed by atoms with Gasteiger partial charge in [0.25, 0.3) is 11.8 Å². The predicted molar refractivity (Wildman–Crippen MR) is 130 cm³/mol. The summed E-state index contributed by atoms with van der Waals surface area (Å²) in [6.07, 6.45) is 1.45. The molecule has 1 saturated heterocycles. The largest absolute Gasteiger partial charge is 0.488 e. The molecule has 0 atom stereocenters. The first-order chi connectivity index (χ1) is 15.8. The average Bonchev–Trinajstić information content (AvgIpc) is 2.79. The Bertz CT molecular complexity index is 1280. The average molecular weight is 505 g/mol. The smallest absolute Gasteiger partial charge is 0.335 e. The Morgan fingerprint density at radius 2 is 1.73 bits per heavy atom. The number of carbonyl (C=O) groups is 3. The van der Waals surface area contributed by atoms with Crippen LogP contribution in [0.2, 0.25) is 0 Å². The van der Waals surface area contributed by atoms with Crippen molar-refractivity contribution >= 4 is 45.5 Å². The number of imide groups is 2. The first kappa shape index (κ1) is 22.5. The number of carbonyl (C=O) groups excluding carboxylic acids is 3. The molecule has 7 heteroatoms. The van der Waals surface area contributed by atoms with Crippen molar-refractivity contribution in [2.45, 2.75) is 20.5 Å². The number of hydrogen-bond donors (Lipinski definition) is 1. The maximum Gasteiger partial charge on any atom is 0.335 e. The van der Waals surface area contributed by atoms with Crippen molar-refractivity contribution in [3.63, 3.8) is 0 Å². The van der Waals surface area contributed by atoms with Gasteiger partial charge in [-0.3, -0.25) is 14.9 Å². The fourth-order valence-electron chi connectivity index (χ4n) is 3.51. The molecule has 1 N–H and O–H groups in total. The molecule has 0 unspecified atom stereocenters. The van der Waals surface area contributed by atoms with E-state index in [4.69, 9.17) is 4.74 Å². The molecule has 4 rings (SSSR count). The van der Waals surface area contributed by atoms with Crippen LogP contribution in [0.1, 0.15) is 22.3 Å². The van der Waals surface area contributed by atoms with Gasteiger partial charge in [0.05, 0.1) is 5.69 Å². The lowest BCUT2D eigenvalue weighted by molar-refractivity contribution is -0.122. The Labute approximate surface area is 200 Å². The molecule has 166 valence electrons. The minimum Gasteiger partial charge on any atom is -0.488 e. The van der Waals surface area contributed by atoms with E-state index in [1.54, 1.807) is 24.3 Å². The van der Waals surface area contributed by atoms with E-state index in [-0.39, 0.29) is 5.57 Å². The van der Waals surface area contributed by atoms with E-state index in [1.807, 2.05) is 56.3 Å². The number of anilines is 1. The van der Waals surface area contributed by atoms with Crippen LogP contribution in [0.5, 0.6) is 5.75 Å². The zero-order chi connectivity index (χ0) is 23.5. The predicted octanol–water partition coefficient (Wildman–Crippen LogP) is 5.31. The normalized spacial score (nSPS) is 15.1. The zero-order valence-electron chi connectivity index (χ0n) is 18.1. The lowest BCUT2D eigenvalue weighted by atomic mass is 10.0. The van der Waals surface area contributed by atoms with E-state index < -0.39 is 17.8 Å². The summed E-state index contributed by atoms with van der Waals surface area (Å²) in [5.74, 6) is -0.933. The minimum absolute atomic E-state index is 0.154. The molecule has 1 aliphatic heterocycles. The molecule has 3 aromatic rings. The Morgan fingerprint density at radius 1 is 0.970 bits per heavy atom. The third-order valence-electron chi connectivity index (χ3n) is 5.43. The molecule has 4 amide bonds. The second kappa shape index (κ2) is 9.42. The highest BCUT2D eigenvalue weighted by atomic mass is 79.9. The number of urea groups is 1. The molecule has 0 aliphatic carbocycles. The van der Waals surface area contributed by atoms with Crippen molar-refractivity contribution in [2.24, 2.45) is 0 Å². The van der Waals surface area contributed by atoms with Crippen LogP contribution in [0.3, 0.4) is 0 Å².